The van der Waals surface area contributed by atoms with Crippen LogP contribution >= 0.6 is 15.9 Å². The minimum absolute atomic E-state index is 0.544. The Bertz CT molecular complexity index is 503. The minimum Gasteiger partial charge on any atom is -0.246 e. The predicted octanol–water partition coefficient (Wildman–Crippen LogP) is 4.43. The first-order chi connectivity index (χ1) is 7.09. The molecular formula is C13H14BrN. The van der Waals surface area contributed by atoms with Gasteiger partial charge in [-0.2, -0.15) is 0 Å². The molecule has 0 aliphatic rings. The summed E-state index contributed by atoms with van der Waals surface area (Å²) in [5, 5.41) is 2.51. The molecule has 1 aromatic carbocycles. The molecule has 1 heterocycles. The molecular weight excluding hydrogens is 250 g/mol. The van der Waals surface area contributed by atoms with Crippen molar-refractivity contribution in [2.75, 3.05) is 0 Å². The summed E-state index contributed by atoms with van der Waals surface area (Å²) in [5.74, 6) is 0.544. The molecule has 0 atom stereocenters. The van der Waals surface area contributed by atoms with Gasteiger partial charge in [-0.15, -0.1) is 0 Å². The fraction of sp³-hybridized carbons (Fsp3) is 0.308. The smallest absolute Gasteiger partial charge is 0.114 e. The lowest BCUT2D eigenvalue weighted by atomic mass is 9.97. The number of halogens is 1. The fourth-order valence-corrected chi connectivity index (χ4v) is 2.51. The first-order valence-electron chi connectivity index (χ1n) is 5.15. The number of fused-ring (bicyclic) bond motifs is 1. The van der Waals surface area contributed by atoms with Gasteiger partial charge in [-0.3, -0.25) is 0 Å². The second-order valence-electron chi connectivity index (χ2n) is 4.15. The van der Waals surface area contributed by atoms with Crippen molar-refractivity contribution in [2.24, 2.45) is 0 Å². The summed E-state index contributed by atoms with van der Waals surface area (Å²) >= 11 is 3.52. The van der Waals surface area contributed by atoms with Crippen molar-refractivity contribution in [1.82, 2.24) is 4.98 Å². The van der Waals surface area contributed by atoms with E-state index >= 15 is 0 Å². The molecule has 0 bridgehead atoms. The van der Waals surface area contributed by atoms with E-state index in [2.05, 4.69) is 59.0 Å². The summed E-state index contributed by atoms with van der Waals surface area (Å²) < 4.78 is 0.944. The number of hydrogen-bond acceptors (Lipinski definition) is 1. The second kappa shape index (κ2) is 3.93. The van der Waals surface area contributed by atoms with Crippen LogP contribution < -0.4 is 0 Å². The van der Waals surface area contributed by atoms with Gasteiger partial charge in [0.2, 0.25) is 0 Å². The van der Waals surface area contributed by atoms with Crippen molar-refractivity contribution < 1.29 is 0 Å². The van der Waals surface area contributed by atoms with E-state index in [1.807, 2.05) is 6.92 Å². The minimum atomic E-state index is 0.544. The molecule has 78 valence electrons. The lowest BCUT2D eigenvalue weighted by Gasteiger charge is -2.11. The third-order valence-corrected chi connectivity index (χ3v) is 3.22. The maximum Gasteiger partial charge on any atom is 0.114 e. The van der Waals surface area contributed by atoms with Crippen LogP contribution in [0.1, 0.15) is 31.0 Å². The van der Waals surface area contributed by atoms with Gasteiger partial charge < -0.3 is 0 Å². The van der Waals surface area contributed by atoms with Crippen molar-refractivity contribution in [3.8, 4) is 0 Å². The monoisotopic (exact) mass is 263 g/mol. The lowest BCUT2D eigenvalue weighted by Crippen LogP contribution is -1.92. The molecule has 0 radical (unpaired) electrons. The Morgan fingerprint density at radius 1 is 1.20 bits per heavy atom. The molecule has 0 fully saturated rings. The number of aryl methyl sites for hydroxylation is 1. The highest BCUT2D eigenvalue weighted by atomic mass is 79.9. The molecule has 0 saturated heterocycles. The zero-order valence-electron chi connectivity index (χ0n) is 9.21. The molecule has 0 N–H and O–H groups in total. The third-order valence-electron chi connectivity index (χ3n) is 2.61. The van der Waals surface area contributed by atoms with Crippen LogP contribution in [0.15, 0.2) is 28.9 Å². The first kappa shape index (κ1) is 10.6. The molecule has 1 aromatic heterocycles. The van der Waals surface area contributed by atoms with Crippen molar-refractivity contribution >= 4 is 26.7 Å². The first-order valence-corrected chi connectivity index (χ1v) is 5.94. The molecule has 0 aliphatic heterocycles. The van der Waals surface area contributed by atoms with Crippen LogP contribution in [0.3, 0.4) is 0 Å². The number of benzene rings is 1. The molecule has 0 spiro atoms. The largest absolute Gasteiger partial charge is 0.246 e. The van der Waals surface area contributed by atoms with Crippen molar-refractivity contribution in [2.45, 2.75) is 26.7 Å². The summed E-state index contributed by atoms with van der Waals surface area (Å²) in [6.45, 7) is 6.47. The molecule has 0 saturated carbocycles. The zero-order chi connectivity index (χ0) is 11.0. The van der Waals surface area contributed by atoms with Gasteiger partial charge in [0.1, 0.15) is 4.60 Å². The van der Waals surface area contributed by atoms with Crippen LogP contribution in [0.4, 0.5) is 0 Å². The zero-order valence-corrected chi connectivity index (χ0v) is 10.8. The van der Waals surface area contributed by atoms with Gasteiger partial charge in [0.05, 0.1) is 0 Å². The maximum atomic E-state index is 4.42. The Morgan fingerprint density at radius 2 is 1.93 bits per heavy atom. The number of hydrogen-bond donors (Lipinski definition) is 0. The van der Waals surface area contributed by atoms with Gasteiger partial charge in [-0.25, -0.2) is 4.98 Å². The van der Waals surface area contributed by atoms with Crippen LogP contribution in [0.25, 0.3) is 10.8 Å². The number of aromatic nitrogens is 1. The number of nitrogens with zero attached hydrogens (tertiary/aromatic N) is 1. The molecule has 15 heavy (non-hydrogen) atoms. The topological polar surface area (TPSA) is 12.9 Å². The molecule has 2 aromatic rings. The van der Waals surface area contributed by atoms with Crippen LogP contribution in [0, 0.1) is 6.92 Å². The van der Waals surface area contributed by atoms with Gasteiger partial charge in [0.25, 0.3) is 0 Å². The third kappa shape index (κ3) is 1.91. The molecule has 2 rings (SSSR count). The lowest BCUT2D eigenvalue weighted by molar-refractivity contribution is 0.876. The highest BCUT2D eigenvalue weighted by Gasteiger charge is 2.08. The van der Waals surface area contributed by atoms with Crippen molar-refractivity contribution in [1.29, 1.82) is 0 Å². The van der Waals surface area contributed by atoms with Gasteiger partial charge in [0.15, 0.2) is 0 Å². The van der Waals surface area contributed by atoms with Gasteiger partial charge in [-0.1, -0.05) is 32.0 Å². The van der Waals surface area contributed by atoms with Gasteiger partial charge in [-0.05, 0) is 45.8 Å². The van der Waals surface area contributed by atoms with E-state index in [0.29, 0.717) is 5.92 Å². The summed E-state index contributed by atoms with van der Waals surface area (Å²) in [6.07, 6.45) is 0. The second-order valence-corrected chi connectivity index (χ2v) is 4.90. The van der Waals surface area contributed by atoms with E-state index in [1.54, 1.807) is 0 Å². The van der Waals surface area contributed by atoms with Crippen molar-refractivity contribution in [3.63, 3.8) is 0 Å². The van der Waals surface area contributed by atoms with E-state index in [-0.39, 0.29) is 0 Å². The fourth-order valence-electron chi connectivity index (χ4n) is 1.88. The van der Waals surface area contributed by atoms with E-state index in [9.17, 15) is 0 Å². The SMILES string of the molecule is Cc1cc2c(C(C)C)cccc2c(Br)n1. The van der Waals surface area contributed by atoms with E-state index in [4.69, 9.17) is 0 Å². The Labute approximate surface area is 98.7 Å². The van der Waals surface area contributed by atoms with Gasteiger partial charge in [0, 0.05) is 11.1 Å². The Morgan fingerprint density at radius 3 is 2.60 bits per heavy atom. The number of rotatable bonds is 1. The quantitative estimate of drug-likeness (QED) is 0.694. The van der Waals surface area contributed by atoms with E-state index < -0.39 is 0 Å². The maximum absolute atomic E-state index is 4.42. The molecule has 0 unspecified atom stereocenters. The molecule has 0 aliphatic carbocycles. The highest BCUT2D eigenvalue weighted by Crippen LogP contribution is 2.29. The molecule has 1 nitrogen and oxygen atoms in total. The van der Waals surface area contributed by atoms with Gasteiger partial charge >= 0.3 is 0 Å². The Hall–Kier alpha value is -0.890. The summed E-state index contributed by atoms with van der Waals surface area (Å²) in [6, 6.07) is 8.56. The van der Waals surface area contributed by atoms with Crippen LogP contribution in [-0.4, -0.2) is 4.98 Å². The number of pyridine rings is 1. The van der Waals surface area contributed by atoms with E-state index in [0.717, 1.165) is 10.3 Å². The average molecular weight is 264 g/mol. The summed E-state index contributed by atoms with van der Waals surface area (Å²) in [7, 11) is 0. The molecule has 0 amide bonds. The average Bonchev–Trinajstić information content (AvgIpc) is 2.16. The van der Waals surface area contributed by atoms with E-state index in [1.165, 1.54) is 16.3 Å². The Balaban J connectivity index is 2.85. The standard InChI is InChI=1S/C13H14BrN/c1-8(2)10-5-4-6-11-12(10)7-9(3)15-13(11)14/h4-8H,1-3H3. The van der Waals surface area contributed by atoms with Crippen LogP contribution in [0.2, 0.25) is 0 Å². The summed E-state index contributed by atoms with van der Waals surface area (Å²) in [4.78, 5) is 4.42. The Kier molecular flexibility index (Phi) is 2.79. The molecule has 2 heteroatoms. The van der Waals surface area contributed by atoms with Crippen LogP contribution in [-0.2, 0) is 0 Å². The normalized spacial score (nSPS) is 11.3. The van der Waals surface area contributed by atoms with Crippen molar-refractivity contribution in [3.05, 3.63) is 40.1 Å². The summed E-state index contributed by atoms with van der Waals surface area (Å²) in [5.41, 5.74) is 2.45. The van der Waals surface area contributed by atoms with Crippen LogP contribution in [0.5, 0.6) is 0 Å². The predicted molar refractivity (Wildman–Crippen MR) is 68.3 cm³/mol. The highest BCUT2D eigenvalue weighted by molar-refractivity contribution is 9.10.